The zero-order valence-corrected chi connectivity index (χ0v) is 11.7. The first-order chi connectivity index (χ1) is 8.58. The Morgan fingerprint density at radius 1 is 1.33 bits per heavy atom. The van der Waals surface area contributed by atoms with Crippen LogP contribution in [-0.4, -0.2) is 11.0 Å². The molecule has 1 aromatic carbocycles. The van der Waals surface area contributed by atoms with E-state index in [-0.39, 0.29) is 0 Å². The molecule has 18 heavy (non-hydrogen) atoms. The van der Waals surface area contributed by atoms with Crippen LogP contribution in [0, 0.1) is 0 Å². The van der Waals surface area contributed by atoms with Gasteiger partial charge in [-0.05, 0) is 18.2 Å². The van der Waals surface area contributed by atoms with Crippen LogP contribution in [-0.2, 0) is 6.54 Å². The van der Waals surface area contributed by atoms with E-state index in [0.717, 1.165) is 11.3 Å². The molecule has 2 aromatic rings. The fourth-order valence-electron chi connectivity index (χ4n) is 1.59. The average molecular weight is 285 g/mol. The molecule has 0 aliphatic heterocycles. The van der Waals surface area contributed by atoms with Gasteiger partial charge in [0.1, 0.15) is 5.69 Å². The van der Waals surface area contributed by atoms with E-state index < -0.39 is 0 Å². The lowest BCUT2D eigenvalue weighted by atomic mass is 10.1. The van der Waals surface area contributed by atoms with E-state index in [1.54, 1.807) is 12.1 Å². The highest BCUT2D eigenvalue weighted by Gasteiger charge is 2.14. The van der Waals surface area contributed by atoms with Crippen molar-refractivity contribution in [3.8, 4) is 11.3 Å². The zero-order valence-electron chi connectivity index (χ0n) is 10.2. The number of rotatable bonds is 4. The summed E-state index contributed by atoms with van der Waals surface area (Å²) in [5, 5.41) is 4.46. The molecule has 1 N–H and O–H groups in total. The molecule has 0 fully saturated rings. The van der Waals surface area contributed by atoms with Crippen LogP contribution in [0.25, 0.3) is 11.3 Å². The molecule has 0 amide bonds. The monoisotopic (exact) mass is 284 g/mol. The van der Waals surface area contributed by atoms with E-state index in [2.05, 4.69) is 24.1 Å². The van der Waals surface area contributed by atoms with Crippen molar-refractivity contribution in [1.82, 2.24) is 10.3 Å². The minimum Gasteiger partial charge on any atom is -0.443 e. The predicted octanol–water partition coefficient (Wildman–Crippen LogP) is 4.15. The number of oxazole rings is 1. The van der Waals surface area contributed by atoms with Crippen molar-refractivity contribution in [2.45, 2.75) is 26.4 Å². The van der Waals surface area contributed by atoms with Crippen molar-refractivity contribution >= 4 is 23.2 Å². The number of hydrogen-bond donors (Lipinski definition) is 1. The number of nitrogens with one attached hydrogen (secondary N) is 1. The van der Waals surface area contributed by atoms with E-state index in [1.807, 2.05) is 6.07 Å². The molecule has 0 spiro atoms. The summed E-state index contributed by atoms with van der Waals surface area (Å²) in [5.74, 6) is 0.685. The Morgan fingerprint density at radius 2 is 2.11 bits per heavy atom. The van der Waals surface area contributed by atoms with Gasteiger partial charge in [-0.25, -0.2) is 4.98 Å². The first-order valence-electron chi connectivity index (χ1n) is 5.69. The average Bonchev–Trinajstić information content (AvgIpc) is 2.74. The summed E-state index contributed by atoms with van der Waals surface area (Å²) in [4.78, 5) is 4.21. The van der Waals surface area contributed by atoms with Crippen molar-refractivity contribution < 1.29 is 4.42 Å². The first kappa shape index (κ1) is 13.4. The minimum absolute atomic E-state index is 0.384. The van der Waals surface area contributed by atoms with Crippen molar-refractivity contribution in [2.75, 3.05) is 0 Å². The van der Waals surface area contributed by atoms with Crippen LogP contribution in [0.2, 0.25) is 10.0 Å². The lowest BCUT2D eigenvalue weighted by molar-refractivity contribution is 0.563. The van der Waals surface area contributed by atoms with Crippen molar-refractivity contribution in [3.63, 3.8) is 0 Å². The van der Waals surface area contributed by atoms with E-state index in [4.69, 9.17) is 27.6 Å². The molecule has 0 aliphatic rings. The van der Waals surface area contributed by atoms with E-state index in [1.165, 1.54) is 6.39 Å². The molecule has 0 saturated heterocycles. The second-order valence-corrected chi connectivity index (χ2v) is 5.13. The number of hydrogen-bond acceptors (Lipinski definition) is 3. The van der Waals surface area contributed by atoms with Crippen LogP contribution in [0.4, 0.5) is 0 Å². The quantitative estimate of drug-likeness (QED) is 0.917. The molecule has 2 rings (SSSR count). The van der Waals surface area contributed by atoms with Crippen LogP contribution in [0.15, 0.2) is 29.0 Å². The van der Waals surface area contributed by atoms with Gasteiger partial charge in [-0.3, -0.25) is 0 Å². The van der Waals surface area contributed by atoms with Crippen LogP contribution < -0.4 is 5.32 Å². The smallest absolute Gasteiger partial charge is 0.181 e. The fourth-order valence-corrected chi connectivity index (χ4v) is 2.08. The molecule has 5 heteroatoms. The Hall–Kier alpha value is -1.03. The highest BCUT2D eigenvalue weighted by molar-refractivity contribution is 6.36. The third-order valence-corrected chi connectivity index (χ3v) is 3.04. The number of halogens is 2. The van der Waals surface area contributed by atoms with E-state index in [9.17, 15) is 0 Å². The lowest BCUT2D eigenvalue weighted by Crippen LogP contribution is -2.22. The van der Waals surface area contributed by atoms with Gasteiger partial charge in [0, 0.05) is 23.2 Å². The van der Waals surface area contributed by atoms with Crippen LogP contribution in [0.1, 0.15) is 19.5 Å². The maximum atomic E-state index is 6.16. The molecule has 0 saturated carbocycles. The van der Waals surface area contributed by atoms with Crippen LogP contribution >= 0.6 is 23.2 Å². The van der Waals surface area contributed by atoms with Gasteiger partial charge >= 0.3 is 0 Å². The second-order valence-electron chi connectivity index (χ2n) is 4.29. The molecule has 1 aromatic heterocycles. The molecule has 0 bridgehead atoms. The summed E-state index contributed by atoms with van der Waals surface area (Å²) >= 11 is 12.0. The molecule has 0 radical (unpaired) electrons. The minimum atomic E-state index is 0.384. The van der Waals surface area contributed by atoms with Crippen LogP contribution in [0.3, 0.4) is 0 Å². The number of benzene rings is 1. The Labute approximate surface area is 116 Å². The molecular formula is C13H14Cl2N2O. The van der Waals surface area contributed by atoms with Gasteiger partial charge < -0.3 is 9.73 Å². The number of aromatic nitrogens is 1. The third-order valence-electron chi connectivity index (χ3n) is 2.49. The van der Waals surface area contributed by atoms with Gasteiger partial charge in [-0.1, -0.05) is 37.0 Å². The van der Waals surface area contributed by atoms with Gasteiger partial charge in [-0.2, -0.15) is 0 Å². The second kappa shape index (κ2) is 5.74. The molecule has 1 heterocycles. The van der Waals surface area contributed by atoms with E-state index >= 15 is 0 Å². The first-order valence-corrected chi connectivity index (χ1v) is 6.44. The maximum Gasteiger partial charge on any atom is 0.181 e. The van der Waals surface area contributed by atoms with Crippen molar-refractivity contribution in [1.29, 1.82) is 0 Å². The fraction of sp³-hybridized carbons (Fsp3) is 0.308. The van der Waals surface area contributed by atoms with Gasteiger partial charge in [-0.15, -0.1) is 0 Å². The SMILES string of the molecule is CC(C)NCc1ncoc1-c1ccc(Cl)cc1Cl. The summed E-state index contributed by atoms with van der Waals surface area (Å²) in [6.07, 6.45) is 1.43. The van der Waals surface area contributed by atoms with Gasteiger partial charge in [0.25, 0.3) is 0 Å². The molecule has 3 nitrogen and oxygen atoms in total. The van der Waals surface area contributed by atoms with Crippen LogP contribution in [0.5, 0.6) is 0 Å². The summed E-state index contributed by atoms with van der Waals surface area (Å²) in [6.45, 7) is 4.80. The Balaban J connectivity index is 2.30. The standard InChI is InChI=1S/C13H14Cl2N2O/c1-8(2)16-6-12-13(18-7-17-12)10-4-3-9(14)5-11(10)15/h3-5,7-8,16H,6H2,1-2H3. The highest BCUT2D eigenvalue weighted by Crippen LogP contribution is 2.32. The molecule has 0 unspecified atom stereocenters. The zero-order chi connectivity index (χ0) is 13.1. The largest absolute Gasteiger partial charge is 0.443 e. The molecule has 0 atom stereocenters. The van der Waals surface area contributed by atoms with Crippen molar-refractivity contribution in [2.24, 2.45) is 0 Å². The van der Waals surface area contributed by atoms with E-state index in [0.29, 0.717) is 28.4 Å². The van der Waals surface area contributed by atoms with Crippen molar-refractivity contribution in [3.05, 3.63) is 40.3 Å². The summed E-state index contributed by atoms with van der Waals surface area (Å²) in [7, 11) is 0. The topological polar surface area (TPSA) is 38.1 Å². The summed E-state index contributed by atoms with van der Waals surface area (Å²) < 4.78 is 5.43. The Morgan fingerprint density at radius 3 is 2.78 bits per heavy atom. The lowest BCUT2D eigenvalue weighted by Gasteiger charge is -2.08. The molecule has 0 aliphatic carbocycles. The predicted molar refractivity (Wildman–Crippen MR) is 73.9 cm³/mol. The van der Waals surface area contributed by atoms with Gasteiger partial charge in [0.2, 0.25) is 0 Å². The van der Waals surface area contributed by atoms with Gasteiger partial charge in [0.05, 0.1) is 5.02 Å². The Kier molecular flexibility index (Phi) is 4.27. The highest BCUT2D eigenvalue weighted by atomic mass is 35.5. The maximum absolute atomic E-state index is 6.16. The Bertz CT molecular complexity index is 538. The third kappa shape index (κ3) is 3.05. The normalized spacial score (nSPS) is 11.2. The van der Waals surface area contributed by atoms with Gasteiger partial charge in [0.15, 0.2) is 12.2 Å². The number of nitrogens with zero attached hydrogens (tertiary/aromatic N) is 1. The molecule has 96 valence electrons. The summed E-state index contributed by atoms with van der Waals surface area (Å²) in [6, 6.07) is 5.70. The summed E-state index contributed by atoms with van der Waals surface area (Å²) in [5.41, 5.74) is 1.65. The molecular weight excluding hydrogens is 271 g/mol.